The molecule has 7 heteroatoms. The minimum atomic E-state index is 0.0726. The Morgan fingerprint density at radius 2 is 2.12 bits per heavy atom. The number of amides is 1. The van der Waals surface area contributed by atoms with Crippen molar-refractivity contribution in [2.75, 3.05) is 18.0 Å². The highest BCUT2D eigenvalue weighted by atomic mass is 16.1. The van der Waals surface area contributed by atoms with Crippen LogP contribution in [0, 0.1) is 13.8 Å². The van der Waals surface area contributed by atoms with E-state index >= 15 is 0 Å². The third kappa shape index (κ3) is 4.10. The fourth-order valence-corrected chi connectivity index (χ4v) is 3.14. The smallest absolute Gasteiger partial charge is 0.225 e. The summed E-state index contributed by atoms with van der Waals surface area (Å²) in [5.41, 5.74) is 2.07. The van der Waals surface area contributed by atoms with Crippen LogP contribution in [0.3, 0.4) is 0 Å². The minimum absolute atomic E-state index is 0.0726. The van der Waals surface area contributed by atoms with E-state index in [9.17, 15) is 4.79 Å². The predicted molar refractivity (Wildman–Crippen MR) is 91.7 cm³/mol. The van der Waals surface area contributed by atoms with Gasteiger partial charge in [0, 0.05) is 50.2 Å². The Balaban J connectivity index is 1.50. The lowest BCUT2D eigenvalue weighted by atomic mass is 10.1. The molecule has 1 saturated heterocycles. The summed E-state index contributed by atoms with van der Waals surface area (Å²) in [5, 5.41) is 7.53. The van der Waals surface area contributed by atoms with E-state index in [2.05, 4.69) is 25.3 Å². The molecule has 0 aliphatic carbocycles. The standard InChI is InChI=1S/C17H24N6O/c1-13-11-14(2)23(21-13)10-6-16(24)20-15-5-3-9-22(12-15)17-18-7-4-8-19-17/h4,7-8,11,15H,3,5-6,9-10,12H2,1-2H3,(H,20,24)/t15-/m1/s1. The molecular weight excluding hydrogens is 304 g/mol. The average molecular weight is 328 g/mol. The summed E-state index contributed by atoms with van der Waals surface area (Å²) in [5.74, 6) is 0.808. The van der Waals surface area contributed by atoms with Gasteiger partial charge in [-0.05, 0) is 38.8 Å². The molecule has 0 saturated carbocycles. The zero-order chi connectivity index (χ0) is 16.9. The maximum atomic E-state index is 12.2. The van der Waals surface area contributed by atoms with Crippen molar-refractivity contribution in [1.82, 2.24) is 25.1 Å². The lowest BCUT2D eigenvalue weighted by molar-refractivity contribution is -0.122. The van der Waals surface area contributed by atoms with Gasteiger partial charge in [-0.15, -0.1) is 0 Å². The Morgan fingerprint density at radius 1 is 1.33 bits per heavy atom. The van der Waals surface area contributed by atoms with Gasteiger partial charge in [-0.2, -0.15) is 5.10 Å². The van der Waals surface area contributed by atoms with Gasteiger partial charge in [0.05, 0.1) is 5.69 Å². The number of hydrogen-bond donors (Lipinski definition) is 1. The normalized spacial score (nSPS) is 17.8. The van der Waals surface area contributed by atoms with Crippen LogP contribution in [-0.4, -0.2) is 44.8 Å². The molecule has 0 radical (unpaired) electrons. The number of aromatic nitrogens is 4. The van der Waals surface area contributed by atoms with Gasteiger partial charge in [-0.3, -0.25) is 9.48 Å². The number of anilines is 1. The van der Waals surface area contributed by atoms with Crippen molar-refractivity contribution < 1.29 is 4.79 Å². The van der Waals surface area contributed by atoms with Gasteiger partial charge in [0.2, 0.25) is 11.9 Å². The summed E-state index contributed by atoms with van der Waals surface area (Å²) in [6.07, 6.45) is 5.97. The highest BCUT2D eigenvalue weighted by Gasteiger charge is 2.22. The quantitative estimate of drug-likeness (QED) is 0.899. The molecule has 0 aromatic carbocycles. The number of nitrogens with zero attached hydrogens (tertiary/aromatic N) is 5. The molecule has 24 heavy (non-hydrogen) atoms. The van der Waals surface area contributed by atoms with Gasteiger partial charge in [-0.1, -0.05) is 0 Å². The summed E-state index contributed by atoms with van der Waals surface area (Å²) in [6, 6.07) is 3.98. The second kappa shape index (κ2) is 7.42. The van der Waals surface area contributed by atoms with E-state index in [1.807, 2.05) is 30.7 Å². The fourth-order valence-electron chi connectivity index (χ4n) is 3.14. The van der Waals surface area contributed by atoms with Crippen molar-refractivity contribution in [3.8, 4) is 0 Å². The van der Waals surface area contributed by atoms with Gasteiger partial charge in [-0.25, -0.2) is 9.97 Å². The number of aryl methyl sites for hydroxylation is 3. The Hall–Kier alpha value is -2.44. The van der Waals surface area contributed by atoms with E-state index in [1.54, 1.807) is 12.4 Å². The summed E-state index contributed by atoms with van der Waals surface area (Å²) in [6.45, 7) is 6.28. The molecule has 1 atom stereocenters. The molecule has 7 nitrogen and oxygen atoms in total. The summed E-state index contributed by atoms with van der Waals surface area (Å²) >= 11 is 0. The molecule has 2 aromatic heterocycles. The first-order valence-corrected chi connectivity index (χ1v) is 8.44. The maximum absolute atomic E-state index is 12.2. The molecule has 0 unspecified atom stereocenters. The zero-order valence-electron chi connectivity index (χ0n) is 14.3. The molecule has 1 aliphatic rings. The summed E-state index contributed by atoms with van der Waals surface area (Å²) in [7, 11) is 0. The fraction of sp³-hybridized carbons (Fsp3) is 0.529. The molecule has 0 bridgehead atoms. The predicted octanol–water partition coefficient (Wildman–Crippen LogP) is 1.47. The Labute approximate surface area is 142 Å². The van der Waals surface area contributed by atoms with E-state index in [0.29, 0.717) is 13.0 Å². The van der Waals surface area contributed by atoms with Crippen LogP contribution < -0.4 is 10.2 Å². The first kappa shape index (κ1) is 16.4. The van der Waals surface area contributed by atoms with Crippen LogP contribution in [-0.2, 0) is 11.3 Å². The Morgan fingerprint density at radius 3 is 2.83 bits per heavy atom. The lowest BCUT2D eigenvalue weighted by Crippen LogP contribution is -2.48. The zero-order valence-corrected chi connectivity index (χ0v) is 14.3. The third-order valence-electron chi connectivity index (χ3n) is 4.28. The lowest BCUT2D eigenvalue weighted by Gasteiger charge is -2.33. The molecule has 128 valence electrons. The van der Waals surface area contributed by atoms with Gasteiger partial charge in [0.1, 0.15) is 0 Å². The SMILES string of the molecule is Cc1cc(C)n(CCC(=O)N[C@@H]2CCCN(c3ncccn3)C2)n1. The van der Waals surface area contributed by atoms with E-state index in [4.69, 9.17) is 0 Å². The first-order chi connectivity index (χ1) is 11.6. The second-order valence-corrected chi connectivity index (χ2v) is 6.30. The molecule has 2 aromatic rings. The van der Waals surface area contributed by atoms with Crippen molar-refractivity contribution in [3.63, 3.8) is 0 Å². The van der Waals surface area contributed by atoms with Crippen molar-refractivity contribution >= 4 is 11.9 Å². The molecule has 0 spiro atoms. The van der Waals surface area contributed by atoms with Gasteiger partial charge in [0.15, 0.2) is 0 Å². The first-order valence-electron chi connectivity index (χ1n) is 8.44. The van der Waals surface area contributed by atoms with Crippen LogP contribution in [0.15, 0.2) is 24.5 Å². The van der Waals surface area contributed by atoms with Crippen LogP contribution in [0.1, 0.15) is 30.7 Å². The highest BCUT2D eigenvalue weighted by Crippen LogP contribution is 2.15. The third-order valence-corrected chi connectivity index (χ3v) is 4.28. The van der Waals surface area contributed by atoms with Crippen LogP contribution in [0.25, 0.3) is 0 Å². The van der Waals surface area contributed by atoms with Crippen molar-refractivity contribution in [1.29, 1.82) is 0 Å². The van der Waals surface area contributed by atoms with Crippen LogP contribution in [0.5, 0.6) is 0 Å². The van der Waals surface area contributed by atoms with E-state index in [0.717, 1.165) is 43.3 Å². The van der Waals surface area contributed by atoms with Gasteiger partial charge >= 0.3 is 0 Å². The number of carbonyl (C=O) groups excluding carboxylic acids is 1. The van der Waals surface area contributed by atoms with Crippen LogP contribution in [0.2, 0.25) is 0 Å². The summed E-state index contributed by atoms with van der Waals surface area (Å²) < 4.78 is 1.89. The van der Waals surface area contributed by atoms with Gasteiger partial charge < -0.3 is 10.2 Å². The Bertz CT molecular complexity index is 684. The monoisotopic (exact) mass is 328 g/mol. The molecule has 1 fully saturated rings. The number of rotatable bonds is 5. The topological polar surface area (TPSA) is 75.9 Å². The van der Waals surface area contributed by atoms with Crippen LogP contribution in [0.4, 0.5) is 5.95 Å². The van der Waals surface area contributed by atoms with E-state index < -0.39 is 0 Å². The van der Waals surface area contributed by atoms with E-state index in [-0.39, 0.29) is 11.9 Å². The van der Waals surface area contributed by atoms with Crippen molar-refractivity contribution in [2.45, 2.75) is 45.7 Å². The van der Waals surface area contributed by atoms with Crippen molar-refractivity contribution in [3.05, 3.63) is 35.9 Å². The summed E-state index contributed by atoms with van der Waals surface area (Å²) in [4.78, 5) is 23.0. The number of hydrogen-bond acceptors (Lipinski definition) is 5. The molecule has 1 N–H and O–H groups in total. The number of nitrogens with one attached hydrogen (secondary N) is 1. The number of carbonyl (C=O) groups is 1. The van der Waals surface area contributed by atoms with Crippen LogP contribution >= 0.6 is 0 Å². The molecule has 3 heterocycles. The maximum Gasteiger partial charge on any atom is 0.225 e. The minimum Gasteiger partial charge on any atom is -0.352 e. The Kier molecular flexibility index (Phi) is 5.08. The molecule has 3 rings (SSSR count). The van der Waals surface area contributed by atoms with Crippen molar-refractivity contribution in [2.24, 2.45) is 0 Å². The molecule has 1 amide bonds. The molecular formula is C17H24N6O. The second-order valence-electron chi connectivity index (χ2n) is 6.30. The highest BCUT2D eigenvalue weighted by molar-refractivity contribution is 5.76. The average Bonchev–Trinajstić information content (AvgIpc) is 2.91. The van der Waals surface area contributed by atoms with Gasteiger partial charge in [0.25, 0.3) is 0 Å². The number of piperidine rings is 1. The largest absolute Gasteiger partial charge is 0.352 e. The van der Waals surface area contributed by atoms with E-state index in [1.165, 1.54) is 0 Å². The molecule has 1 aliphatic heterocycles.